The summed E-state index contributed by atoms with van der Waals surface area (Å²) < 4.78 is 31.7. The topological polar surface area (TPSA) is 56.3 Å². The first-order chi connectivity index (χ1) is 11.4. The number of hydrogen-bond acceptors (Lipinski definition) is 5. The Kier molecular flexibility index (Phi) is 5.39. The van der Waals surface area contributed by atoms with Crippen LogP contribution in [0.4, 0.5) is 8.78 Å². The lowest BCUT2D eigenvalue weighted by Crippen LogP contribution is -2.50. The molecule has 3 aliphatic heterocycles. The summed E-state index contributed by atoms with van der Waals surface area (Å²) >= 11 is 0. The molecular formula is C16H27F2N3O3. The first-order valence-electron chi connectivity index (χ1n) is 8.76. The molecule has 0 unspecified atom stereocenters. The number of likely N-dealkylation sites (tertiary alicyclic amines) is 2. The zero-order chi connectivity index (χ0) is 17.2. The first kappa shape index (κ1) is 18.0. The number of β-amino-alcohol motifs (C(OH)–C–C–N with tert-alkyl or cyclic N) is 1. The van der Waals surface area contributed by atoms with Crippen LogP contribution in [0.5, 0.6) is 0 Å². The van der Waals surface area contributed by atoms with E-state index in [4.69, 9.17) is 4.74 Å². The highest BCUT2D eigenvalue weighted by Crippen LogP contribution is 2.30. The standard InChI is InChI=1S/C16H27F2N3O3/c17-16(18)2-4-20(5-3-16)12-15(23)1-6-21(13-15)14(22)11-19-7-9-24-10-8-19/h23H,1-13H2/t15-/m1/s1. The number of aliphatic hydroxyl groups is 1. The lowest BCUT2D eigenvalue weighted by Gasteiger charge is -2.36. The fourth-order valence-corrected chi connectivity index (χ4v) is 3.70. The molecule has 0 radical (unpaired) electrons. The molecule has 8 heteroatoms. The van der Waals surface area contributed by atoms with E-state index < -0.39 is 11.5 Å². The van der Waals surface area contributed by atoms with Crippen LogP contribution >= 0.6 is 0 Å². The Morgan fingerprint density at radius 2 is 1.67 bits per heavy atom. The Labute approximate surface area is 141 Å². The molecule has 0 bridgehead atoms. The predicted octanol–water partition coefficient (Wildman–Crippen LogP) is 0.0131. The number of nitrogens with zero attached hydrogens (tertiary/aromatic N) is 3. The first-order valence-corrected chi connectivity index (χ1v) is 8.76. The monoisotopic (exact) mass is 347 g/mol. The van der Waals surface area contributed by atoms with Crippen molar-refractivity contribution in [2.45, 2.75) is 30.8 Å². The second-order valence-corrected chi connectivity index (χ2v) is 7.31. The van der Waals surface area contributed by atoms with Gasteiger partial charge in [-0.1, -0.05) is 0 Å². The van der Waals surface area contributed by atoms with E-state index >= 15 is 0 Å². The molecule has 0 aromatic heterocycles. The SMILES string of the molecule is O=C(CN1CCOCC1)N1CC[C@@](O)(CN2CCC(F)(F)CC2)C1. The molecule has 1 atom stereocenters. The fourth-order valence-electron chi connectivity index (χ4n) is 3.70. The number of carbonyl (C=O) groups excluding carboxylic acids is 1. The molecule has 3 aliphatic rings. The van der Waals surface area contributed by atoms with E-state index in [1.54, 1.807) is 4.90 Å². The zero-order valence-corrected chi connectivity index (χ0v) is 14.1. The van der Waals surface area contributed by atoms with Crippen molar-refractivity contribution < 1.29 is 23.4 Å². The summed E-state index contributed by atoms with van der Waals surface area (Å²) in [7, 11) is 0. The van der Waals surface area contributed by atoms with Crippen molar-refractivity contribution in [1.82, 2.24) is 14.7 Å². The predicted molar refractivity (Wildman–Crippen MR) is 84.0 cm³/mol. The lowest BCUT2D eigenvalue weighted by molar-refractivity contribution is -0.133. The molecule has 0 saturated carbocycles. The highest BCUT2D eigenvalue weighted by Gasteiger charge is 2.42. The van der Waals surface area contributed by atoms with Crippen LogP contribution in [0.25, 0.3) is 0 Å². The van der Waals surface area contributed by atoms with Gasteiger partial charge in [0.05, 0.1) is 31.9 Å². The average Bonchev–Trinajstić information content (AvgIpc) is 2.93. The second kappa shape index (κ2) is 7.19. The molecule has 3 rings (SSSR count). The number of halogens is 2. The van der Waals surface area contributed by atoms with Crippen LogP contribution in [0.15, 0.2) is 0 Å². The highest BCUT2D eigenvalue weighted by atomic mass is 19.3. The minimum Gasteiger partial charge on any atom is -0.387 e. The highest BCUT2D eigenvalue weighted by molar-refractivity contribution is 5.78. The van der Waals surface area contributed by atoms with E-state index in [0.29, 0.717) is 58.9 Å². The van der Waals surface area contributed by atoms with E-state index in [0.717, 1.165) is 13.1 Å². The van der Waals surface area contributed by atoms with Crippen LogP contribution in [0.2, 0.25) is 0 Å². The van der Waals surface area contributed by atoms with Gasteiger partial charge in [0.25, 0.3) is 5.92 Å². The number of hydrogen-bond donors (Lipinski definition) is 1. The molecule has 0 aliphatic carbocycles. The van der Waals surface area contributed by atoms with Gasteiger partial charge in [0.1, 0.15) is 0 Å². The maximum Gasteiger partial charge on any atom is 0.250 e. The van der Waals surface area contributed by atoms with Crippen molar-refractivity contribution in [3.8, 4) is 0 Å². The number of ether oxygens (including phenoxy) is 1. The van der Waals surface area contributed by atoms with Crippen LogP contribution in [-0.4, -0.2) is 103 Å². The third-order valence-electron chi connectivity index (χ3n) is 5.25. The Morgan fingerprint density at radius 3 is 2.33 bits per heavy atom. The van der Waals surface area contributed by atoms with Crippen molar-refractivity contribution in [3.63, 3.8) is 0 Å². The van der Waals surface area contributed by atoms with E-state index in [1.807, 2.05) is 4.90 Å². The molecule has 6 nitrogen and oxygen atoms in total. The van der Waals surface area contributed by atoms with Gasteiger partial charge in [-0.2, -0.15) is 0 Å². The minimum atomic E-state index is -2.57. The number of alkyl halides is 2. The Balaban J connectivity index is 1.46. The van der Waals surface area contributed by atoms with Crippen molar-refractivity contribution in [2.24, 2.45) is 0 Å². The molecular weight excluding hydrogens is 320 g/mol. The molecule has 3 heterocycles. The Bertz CT molecular complexity index is 450. The van der Waals surface area contributed by atoms with Gasteiger partial charge >= 0.3 is 0 Å². The largest absolute Gasteiger partial charge is 0.387 e. The molecule has 0 aromatic rings. The molecule has 1 N–H and O–H groups in total. The Hall–Kier alpha value is -0.830. The fraction of sp³-hybridized carbons (Fsp3) is 0.938. The van der Waals surface area contributed by atoms with Crippen LogP contribution < -0.4 is 0 Å². The van der Waals surface area contributed by atoms with Gasteiger partial charge in [0, 0.05) is 52.1 Å². The van der Waals surface area contributed by atoms with Crippen molar-refractivity contribution in [1.29, 1.82) is 0 Å². The van der Waals surface area contributed by atoms with E-state index in [-0.39, 0.29) is 18.7 Å². The van der Waals surface area contributed by atoms with Crippen LogP contribution in [-0.2, 0) is 9.53 Å². The lowest BCUT2D eigenvalue weighted by atomic mass is 10.00. The second-order valence-electron chi connectivity index (χ2n) is 7.31. The quantitative estimate of drug-likeness (QED) is 0.777. The molecule has 138 valence electrons. The van der Waals surface area contributed by atoms with Gasteiger partial charge < -0.3 is 14.7 Å². The minimum absolute atomic E-state index is 0.0259. The van der Waals surface area contributed by atoms with Crippen LogP contribution in [0, 0.1) is 0 Å². The molecule has 0 spiro atoms. The molecule has 0 aromatic carbocycles. The number of morpholine rings is 1. The van der Waals surface area contributed by atoms with Gasteiger partial charge in [-0.25, -0.2) is 8.78 Å². The maximum absolute atomic E-state index is 13.2. The van der Waals surface area contributed by atoms with E-state index in [1.165, 1.54) is 0 Å². The summed E-state index contributed by atoms with van der Waals surface area (Å²) in [4.78, 5) is 18.1. The molecule has 3 fully saturated rings. The van der Waals surface area contributed by atoms with Gasteiger partial charge in [-0.3, -0.25) is 14.6 Å². The molecule has 3 saturated heterocycles. The van der Waals surface area contributed by atoms with Crippen LogP contribution in [0.1, 0.15) is 19.3 Å². The molecule has 1 amide bonds. The maximum atomic E-state index is 13.2. The van der Waals surface area contributed by atoms with Crippen LogP contribution in [0.3, 0.4) is 0 Å². The third kappa shape index (κ3) is 4.62. The number of rotatable bonds is 4. The summed E-state index contributed by atoms with van der Waals surface area (Å²) in [5, 5.41) is 10.7. The summed E-state index contributed by atoms with van der Waals surface area (Å²) in [6, 6.07) is 0. The zero-order valence-electron chi connectivity index (χ0n) is 14.1. The van der Waals surface area contributed by atoms with Gasteiger partial charge in [-0.05, 0) is 6.42 Å². The van der Waals surface area contributed by atoms with E-state index in [2.05, 4.69) is 4.90 Å². The van der Waals surface area contributed by atoms with E-state index in [9.17, 15) is 18.7 Å². The number of carbonyl (C=O) groups is 1. The smallest absolute Gasteiger partial charge is 0.250 e. The van der Waals surface area contributed by atoms with Crippen molar-refractivity contribution in [2.75, 3.05) is 65.6 Å². The summed E-state index contributed by atoms with van der Waals surface area (Å²) in [5.41, 5.74) is -0.979. The van der Waals surface area contributed by atoms with Crippen molar-refractivity contribution in [3.05, 3.63) is 0 Å². The average molecular weight is 347 g/mol. The normalized spacial score (nSPS) is 32.2. The third-order valence-corrected chi connectivity index (χ3v) is 5.25. The van der Waals surface area contributed by atoms with Gasteiger partial charge in [-0.15, -0.1) is 0 Å². The summed E-state index contributed by atoms with van der Waals surface area (Å²) in [6.45, 7) is 4.96. The van der Waals surface area contributed by atoms with Gasteiger partial charge in [0.2, 0.25) is 5.91 Å². The van der Waals surface area contributed by atoms with Crippen molar-refractivity contribution >= 4 is 5.91 Å². The summed E-state index contributed by atoms with van der Waals surface area (Å²) in [6.07, 6.45) is 0.209. The Morgan fingerprint density at radius 1 is 1.00 bits per heavy atom. The van der Waals surface area contributed by atoms with Gasteiger partial charge in [0.15, 0.2) is 0 Å². The number of amides is 1. The number of piperidine rings is 1. The summed E-state index contributed by atoms with van der Waals surface area (Å²) in [5.74, 6) is -2.55. The molecule has 24 heavy (non-hydrogen) atoms.